The lowest BCUT2D eigenvalue weighted by Crippen LogP contribution is -2.46. The fraction of sp³-hybridized carbons (Fsp3) is 0.467. The van der Waals surface area contributed by atoms with Crippen molar-refractivity contribution in [3.63, 3.8) is 0 Å². The largest absolute Gasteiger partial charge is 0.424 e. The molecule has 1 atom stereocenters. The van der Waals surface area contributed by atoms with Gasteiger partial charge in [0.05, 0.1) is 0 Å². The van der Waals surface area contributed by atoms with E-state index in [4.69, 9.17) is 4.42 Å². The van der Waals surface area contributed by atoms with Crippen LogP contribution in [0.5, 0.6) is 0 Å². The number of fused-ring (bicyclic) bond motifs is 1. The van der Waals surface area contributed by atoms with Crippen LogP contribution in [-0.2, 0) is 23.2 Å². The highest BCUT2D eigenvalue weighted by Crippen LogP contribution is 2.35. The third-order valence-electron chi connectivity index (χ3n) is 4.17. The van der Waals surface area contributed by atoms with Gasteiger partial charge in [0.1, 0.15) is 6.04 Å². The minimum Gasteiger partial charge on any atom is -0.424 e. The molecule has 7 nitrogen and oxygen atoms in total. The van der Waals surface area contributed by atoms with Crippen LogP contribution in [0.25, 0.3) is 0 Å². The molecule has 0 saturated heterocycles. The van der Waals surface area contributed by atoms with Crippen molar-refractivity contribution in [3.05, 3.63) is 47.2 Å². The summed E-state index contributed by atoms with van der Waals surface area (Å²) in [6.45, 7) is 4.20. The smallest absolute Gasteiger partial charge is 0.282 e. The summed E-state index contributed by atoms with van der Waals surface area (Å²) in [7, 11) is -2.03. The summed E-state index contributed by atoms with van der Waals surface area (Å²) in [4.78, 5) is 0. The van der Waals surface area contributed by atoms with E-state index in [2.05, 4.69) is 10.2 Å². The molecule has 0 spiro atoms. The zero-order valence-electron chi connectivity index (χ0n) is 13.4. The number of rotatable bonds is 4. The standard InChI is InChI=1S/C15H20N4O3S/c1-4-18(3)23(20,21)19-10-13-8-6-5-7-12(13)9-14(19)15-17-16-11(2)22-15/h5-8,14H,4,9-10H2,1-3H3/t14-/m0/s1. The molecule has 0 amide bonds. The van der Waals surface area contributed by atoms with Gasteiger partial charge in [-0.15, -0.1) is 10.2 Å². The Hall–Kier alpha value is -1.77. The summed E-state index contributed by atoms with van der Waals surface area (Å²) < 4.78 is 34.1. The molecule has 0 N–H and O–H groups in total. The fourth-order valence-corrected chi connectivity index (χ4v) is 4.21. The lowest BCUT2D eigenvalue weighted by molar-refractivity contribution is 0.234. The van der Waals surface area contributed by atoms with Gasteiger partial charge in [0.25, 0.3) is 10.2 Å². The van der Waals surface area contributed by atoms with Crippen molar-refractivity contribution >= 4 is 10.2 Å². The lowest BCUT2D eigenvalue weighted by atomic mass is 9.96. The van der Waals surface area contributed by atoms with Crippen molar-refractivity contribution in [2.75, 3.05) is 13.6 Å². The van der Waals surface area contributed by atoms with Gasteiger partial charge in [-0.25, -0.2) is 0 Å². The second-order valence-corrected chi connectivity index (χ2v) is 7.60. The van der Waals surface area contributed by atoms with Gasteiger partial charge < -0.3 is 4.42 Å². The molecule has 1 aromatic carbocycles. The molecular weight excluding hydrogens is 316 g/mol. The second-order valence-electron chi connectivity index (χ2n) is 5.62. The van der Waals surface area contributed by atoms with Crippen LogP contribution in [0.1, 0.15) is 35.9 Å². The molecule has 124 valence electrons. The SMILES string of the molecule is CCN(C)S(=O)(=O)N1Cc2ccccc2C[C@H]1c1nnc(C)o1. The maximum absolute atomic E-state index is 12.9. The predicted molar refractivity (Wildman–Crippen MR) is 84.7 cm³/mol. The summed E-state index contributed by atoms with van der Waals surface area (Å²) in [5.74, 6) is 0.769. The molecule has 1 aromatic heterocycles. The minimum atomic E-state index is -3.60. The molecule has 2 aromatic rings. The van der Waals surface area contributed by atoms with Crippen molar-refractivity contribution in [3.8, 4) is 0 Å². The van der Waals surface area contributed by atoms with Gasteiger partial charge in [0, 0.05) is 27.1 Å². The van der Waals surface area contributed by atoms with Gasteiger partial charge in [0.2, 0.25) is 11.8 Å². The van der Waals surface area contributed by atoms with Crippen LogP contribution in [0, 0.1) is 6.92 Å². The average Bonchev–Trinajstić information content (AvgIpc) is 2.99. The summed E-state index contributed by atoms with van der Waals surface area (Å²) >= 11 is 0. The van der Waals surface area contributed by atoms with E-state index in [1.54, 1.807) is 20.9 Å². The number of hydrogen-bond acceptors (Lipinski definition) is 5. The quantitative estimate of drug-likeness (QED) is 0.848. The molecule has 0 radical (unpaired) electrons. The zero-order chi connectivity index (χ0) is 16.6. The van der Waals surface area contributed by atoms with Crippen LogP contribution in [0.2, 0.25) is 0 Å². The van der Waals surface area contributed by atoms with Crippen LogP contribution < -0.4 is 0 Å². The molecule has 3 rings (SSSR count). The van der Waals surface area contributed by atoms with Crippen molar-refractivity contribution in [1.82, 2.24) is 18.8 Å². The van der Waals surface area contributed by atoms with E-state index >= 15 is 0 Å². The van der Waals surface area contributed by atoms with Gasteiger partial charge in [0.15, 0.2) is 0 Å². The first kappa shape index (κ1) is 16.1. The van der Waals surface area contributed by atoms with Crippen LogP contribution in [0.4, 0.5) is 0 Å². The van der Waals surface area contributed by atoms with E-state index in [1.165, 1.54) is 8.61 Å². The predicted octanol–water partition coefficient (Wildman–Crippen LogP) is 1.67. The minimum absolute atomic E-state index is 0.301. The zero-order valence-corrected chi connectivity index (χ0v) is 14.2. The van der Waals surface area contributed by atoms with Gasteiger partial charge in [-0.05, 0) is 17.5 Å². The van der Waals surface area contributed by atoms with E-state index in [9.17, 15) is 8.42 Å². The highest BCUT2D eigenvalue weighted by molar-refractivity contribution is 7.86. The molecule has 0 unspecified atom stereocenters. The Morgan fingerprint density at radius 3 is 2.61 bits per heavy atom. The Balaban J connectivity index is 2.06. The van der Waals surface area contributed by atoms with Crippen molar-refractivity contribution in [1.29, 1.82) is 0 Å². The maximum Gasteiger partial charge on any atom is 0.282 e. The van der Waals surface area contributed by atoms with Crippen LogP contribution in [0.15, 0.2) is 28.7 Å². The monoisotopic (exact) mass is 336 g/mol. The third-order valence-corrected chi connectivity index (χ3v) is 6.19. The average molecular weight is 336 g/mol. The van der Waals surface area contributed by atoms with Crippen LogP contribution in [0.3, 0.4) is 0 Å². The van der Waals surface area contributed by atoms with Gasteiger partial charge >= 0.3 is 0 Å². The molecular formula is C15H20N4O3S. The first-order valence-corrected chi connectivity index (χ1v) is 8.93. The first-order valence-electron chi connectivity index (χ1n) is 7.53. The summed E-state index contributed by atoms with van der Waals surface area (Å²) in [5.41, 5.74) is 2.12. The number of hydrogen-bond donors (Lipinski definition) is 0. The topological polar surface area (TPSA) is 79.5 Å². The molecule has 2 heterocycles. The second kappa shape index (κ2) is 6.03. The van der Waals surface area contributed by atoms with Gasteiger partial charge in [-0.3, -0.25) is 0 Å². The van der Waals surface area contributed by atoms with Crippen LogP contribution >= 0.6 is 0 Å². The van der Waals surface area contributed by atoms with Crippen molar-refractivity contribution < 1.29 is 12.8 Å². The van der Waals surface area contributed by atoms with E-state index < -0.39 is 16.3 Å². The third kappa shape index (κ3) is 2.89. The molecule has 1 aliphatic rings. The Morgan fingerprint density at radius 2 is 2.00 bits per heavy atom. The van der Waals surface area contributed by atoms with E-state index in [0.717, 1.165) is 11.1 Å². The Bertz CT molecular complexity index is 803. The normalized spacial score (nSPS) is 19.0. The van der Waals surface area contributed by atoms with E-state index in [1.807, 2.05) is 24.3 Å². The van der Waals surface area contributed by atoms with Gasteiger partial charge in [-0.1, -0.05) is 31.2 Å². The van der Waals surface area contributed by atoms with E-state index in [0.29, 0.717) is 31.3 Å². The molecule has 0 aliphatic carbocycles. The molecule has 0 saturated carbocycles. The number of aromatic nitrogens is 2. The maximum atomic E-state index is 12.9. The highest BCUT2D eigenvalue weighted by Gasteiger charge is 2.40. The summed E-state index contributed by atoms with van der Waals surface area (Å²) in [6, 6.07) is 7.37. The molecule has 23 heavy (non-hydrogen) atoms. The highest BCUT2D eigenvalue weighted by atomic mass is 32.2. The lowest BCUT2D eigenvalue weighted by Gasteiger charge is -2.36. The summed E-state index contributed by atoms with van der Waals surface area (Å²) in [5, 5.41) is 7.90. The number of benzene rings is 1. The summed E-state index contributed by atoms with van der Waals surface area (Å²) in [6.07, 6.45) is 0.522. The fourth-order valence-electron chi connectivity index (χ4n) is 2.74. The van der Waals surface area contributed by atoms with E-state index in [-0.39, 0.29) is 0 Å². The molecule has 0 fully saturated rings. The number of aryl methyl sites for hydroxylation is 1. The van der Waals surface area contributed by atoms with Crippen molar-refractivity contribution in [2.45, 2.75) is 32.9 Å². The Labute approximate surface area is 136 Å². The molecule has 1 aliphatic heterocycles. The Morgan fingerprint density at radius 1 is 1.30 bits per heavy atom. The van der Waals surface area contributed by atoms with Crippen LogP contribution in [-0.4, -0.2) is 40.8 Å². The first-order chi connectivity index (χ1) is 10.9. The number of nitrogens with zero attached hydrogens (tertiary/aromatic N) is 4. The Kier molecular flexibility index (Phi) is 4.22. The molecule has 0 bridgehead atoms. The van der Waals surface area contributed by atoms with Crippen molar-refractivity contribution in [2.24, 2.45) is 0 Å². The van der Waals surface area contributed by atoms with Gasteiger partial charge in [-0.2, -0.15) is 17.0 Å². The molecule has 8 heteroatoms.